The molecule has 0 radical (unpaired) electrons. The van der Waals surface area contributed by atoms with Gasteiger partial charge in [-0.05, 0) is 36.8 Å². The molecule has 0 bridgehead atoms. The van der Waals surface area contributed by atoms with Crippen molar-refractivity contribution < 1.29 is 14.4 Å². The minimum atomic E-state index is 0.0653. The maximum absolute atomic E-state index is 12.4. The van der Waals surface area contributed by atoms with Crippen molar-refractivity contribution in [1.82, 2.24) is 9.88 Å². The van der Waals surface area contributed by atoms with Crippen LogP contribution in [0.2, 0.25) is 0 Å². The molecule has 3 aromatic rings. The summed E-state index contributed by atoms with van der Waals surface area (Å²) >= 11 is 1.77. The van der Waals surface area contributed by atoms with Gasteiger partial charge in [-0.15, -0.1) is 11.3 Å². The molecule has 0 atom stereocenters. The molecule has 0 unspecified atom stereocenters. The van der Waals surface area contributed by atoms with Gasteiger partial charge in [0.2, 0.25) is 0 Å². The molecule has 2 heterocycles. The van der Waals surface area contributed by atoms with Gasteiger partial charge < -0.3 is 14.5 Å². The van der Waals surface area contributed by atoms with Crippen LogP contribution >= 0.6 is 11.3 Å². The first kappa shape index (κ1) is 17.9. The third-order valence-electron chi connectivity index (χ3n) is 4.91. The van der Waals surface area contributed by atoms with E-state index in [4.69, 9.17) is 9.72 Å². The lowest BCUT2D eigenvalue weighted by Gasteiger charge is -2.31. The smallest absolute Gasteiger partial charge is 0.260 e. The van der Waals surface area contributed by atoms with Gasteiger partial charge in [0, 0.05) is 0 Å². The number of benzene rings is 2. The zero-order valence-electron chi connectivity index (χ0n) is 15.5. The minimum Gasteiger partial charge on any atom is -0.484 e. The van der Waals surface area contributed by atoms with Crippen molar-refractivity contribution in [2.45, 2.75) is 13.5 Å². The summed E-state index contributed by atoms with van der Waals surface area (Å²) in [6.07, 6.45) is 0. The van der Waals surface area contributed by atoms with E-state index >= 15 is 0 Å². The average Bonchev–Trinajstić information content (AvgIpc) is 3.09. The van der Waals surface area contributed by atoms with Gasteiger partial charge in [-0.2, -0.15) is 0 Å². The first-order valence-corrected chi connectivity index (χ1v) is 10.1. The second-order valence-corrected chi connectivity index (χ2v) is 8.10. The van der Waals surface area contributed by atoms with Crippen LogP contribution in [0.15, 0.2) is 48.5 Å². The van der Waals surface area contributed by atoms with E-state index in [-0.39, 0.29) is 12.5 Å². The van der Waals surface area contributed by atoms with Crippen LogP contribution in [0, 0.1) is 6.92 Å². The number of piperazine rings is 1. The van der Waals surface area contributed by atoms with Crippen molar-refractivity contribution in [2.75, 3.05) is 32.8 Å². The van der Waals surface area contributed by atoms with Crippen LogP contribution in [0.1, 0.15) is 10.6 Å². The Morgan fingerprint density at radius 2 is 2.00 bits per heavy atom. The molecule has 27 heavy (non-hydrogen) atoms. The fraction of sp³-hybridized carbons (Fsp3) is 0.333. The summed E-state index contributed by atoms with van der Waals surface area (Å²) in [4.78, 5) is 20.5. The maximum Gasteiger partial charge on any atom is 0.260 e. The Labute approximate surface area is 163 Å². The van der Waals surface area contributed by atoms with Crippen molar-refractivity contribution in [2.24, 2.45) is 0 Å². The lowest BCUT2D eigenvalue weighted by atomic mass is 10.2. The topological polar surface area (TPSA) is 46.9 Å². The van der Waals surface area contributed by atoms with Gasteiger partial charge in [-0.1, -0.05) is 24.3 Å². The molecule has 1 aliphatic heterocycles. The van der Waals surface area contributed by atoms with Crippen LogP contribution in [-0.2, 0) is 11.3 Å². The fourth-order valence-electron chi connectivity index (χ4n) is 3.40. The molecular formula is C21H24N3O2S+. The molecule has 1 fully saturated rings. The highest BCUT2D eigenvalue weighted by Gasteiger charge is 2.24. The summed E-state index contributed by atoms with van der Waals surface area (Å²) in [5, 5.41) is 1.17. The third-order valence-corrected chi connectivity index (χ3v) is 5.95. The molecule has 1 aliphatic rings. The number of carbonyl (C=O) groups is 1. The molecule has 0 aliphatic carbocycles. The van der Waals surface area contributed by atoms with Crippen molar-refractivity contribution in [3.63, 3.8) is 0 Å². The molecule has 4 rings (SSSR count). The standard InChI is InChI=1S/C21H23N3O2S/c1-16-5-4-6-17(13-16)26-15-21(25)24-11-9-23(10-12-24)14-20-22-18-7-2-3-8-19(18)27-20/h2-8,13H,9-12,14-15H2,1H3/p+1. The lowest BCUT2D eigenvalue weighted by Crippen LogP contribution is -3.13. The summed E-state index contributed by atoms with van der Waals surface area (Å²) in [5.41, 5.74) is 2.21. The number of rotatable bonds is 5. The third kappa shape index (κ3) is 4.46. The monoisotopic (exact) mass is 382 g/mol. The van der Waals surface area contributed by atoms with E-state index in [1.807, 2.05) is 42.2 Å². The average molecular weight is 383 g/mol. The Morgan fingerprint density at radius 3 is 2.78 bits per heavy atom. The zero-order valence-corrected chi connectivity index (χ0v) is 16.3. The van der Waals surface area contributed by atoms with E-state index in [2.05, 4.69) is 18.2 Å². The second-order valence-electron chi connectivity index (χ2n) is 6.99. The maximum atomic E-state index is 12.4. The lowest BCUT2D eigenvalue weighted by molar-refractivity contribution is -0.917. The van der Waals surface area contributed by atoms with E-state index in [1.165, 1.54) is 14.6 Å². The predicted octanol–water partition coefficient (Wildman–Crippen LogP) is 1.91. The molecule has 0 saturated carbocycles. The summed E-state index contributed by atoms with van der Waals surface area (Å²) in [5.74, 6) is 0.819. The van der Waals surface area contributed by atoms with E-state index < -0.39 is 0 Å². The molecule has 1 aromatic heterocycles. The van der Waals surface area contributed by atoms with Crippen molar-refractivity contribution in [3.05, 3.63) is 59.1 Å². The molecule has 1 amide bonds. The predicted molar refractivity (Wildman–Crippen MR) is 107 cm³/mol. The zero-order chi connectivity index (χ0) is 18.6. The summed E-state index contributed by atoms with van der Waals surface area (Å²) < 4.78 is 6.90. The van der Waals surface area contributed by atoms with Gasteiger partial charge in [-0.25, -0.2) is 4.98 Å². The normalized spacial score (nSPS) is 15.2. The Kier molecular flexibility index (Phi) is 5.36. The summed E-state index contributed by atoms with van der Waals surface area (Å²) in [6, 6.07) is 16.1. The molecule has 6 heteroatoms. The Bertz CT molecular complexity index is 899. The summed E-state index contributed by atoms with van der Waals surface area (Å²) in [7, 11) is 0. The highest BCUT2D eigenvalue weighted by atomic mass is 32.1. The first-order chi connectivity index (χ1) is 13.2. The first-order valence-electron chi connectivity index (χ1n) is 9.32. The highest BCUT2D eigenvalue weighted by molar-refractivity contribution is 7.18. The largest absolute Gasteiger partial charge is 0.484 e. The number of nitrogens with one attached hydrogen (secondary N) is 1. The van der Waals surface area contributed by atoms with Gasteiger partial charge in [0.15, 0.2) is 6.61 Å². The molecule has 1 N–H and O–H groups in total. The summed E-state index contributed by atoms with van der Waals surface area (Å²) in [6.45, 7) is 6.50. The molecule has 2 aromatic carbocycles. The number of thiazole rings is 1. The molecule has 140 valence electrons. The van der Waals surface area contributed by atoms with E-state index in [0.717, 1.165) is 49.6 Å². The number of fused-ring (bicyclic) bond motifs is 1. The minimum absolute atomic E-state index is 0.0653. The highest BCUT2D eigenvalue weighted by Crippen LogP contribution is 2.20. The van der Waals surface area contributed by atoms with E-state index in [1.54, 1.807) is 11.3 Å². The Balaban J connectivity index is 1.26. The quantitative estimate of drug-likeness (QED) is 0.733. The van der Waals surface area contributed by atoms with Crippen LogP contribution < -0.4 is 9.64 Å². The van der Waals surface area contributed by atoms with Crippen molar-refractivity contribution >= 4 is 27.5 Å². The van der Waals surface area contributed by atoms with Crippen LogP contribution in [0.4, 0.5) is 0 Å². The SMILES string of the molecule is Cc1cccc(OCC(=O)N2CC[NH+](Cc3nc4ccccc4s3)CC2)c1. The second kappa shape index (κ2) is 8.06. The van der Waals surface area contributed by atoms with Crippen molar-refractivity contribution in [1.29, 1.82) is 0 Å². The van der Waals surface area contributed by atoms with Crippen LogP contribution in [0.25, 0.3) is 10.2 Å². The van der Waals surface area contributed by atoms with E-state index in [9.17, 15) is 4.79 Å². The molecule has 5 nitrogen and oxygen atoms in total. The number of amides is 1. The molecule has 1 saturated heterocycles. The number of ether oxygens (including phenoxy) is 1. The number of carbonyl (C=O) groups excluding carboxylic acids is 1. The van der Waals surface area contributed by atoms with Gasteiger partial charge in [0.05, 0.1) is 36.4 Å². The number of aromatic nitrogens is 1. The van der Waals surface area contributed by atoms with Gasteiger partial charge >= 0.3 is 0 Å². The fourth-order valence-corrected chi connectivity index (χ4v) is 4.44. The van der Waals surface area contributed by atoms with Gasteiger partial charge in [0.1, 0.15) is 17.3 Å². The molecule has 0 spiro atoms. The van der Waals surface area contributed by atoms with Gasteiger partial charge in [0.25, 0.3) is 5.91 Å². The number of hydrogen-bond acceptors (Lipinski definition) is 4. The number of nitrogens with zero attached hydrogens (tertiary/aromatic N) is 2. The number of para-hydroxylation sites is 1. The van der Waals surface area contributed by atoms with Gasteiger partial charge in [-0.3, -0.25) is 4.79 Å². The van der Waals surface area contributed by atoms with Crippen molar-refractivity contribution in [3.8, 4) is 5.75 Å². The van der Waals surface area contributed by atoms with Crippen LogP contribution in [0.3, 0.4) is 0 Å². The Hall–Kier alpha value is -2.44. The Morgan fingerprint density at radius 1 is 1.19 bits per heavy atom. The van der Waals surface area contributed by atoms with Crippen LogP contribution in [-0.4, -0.2) is 48.6 Å². The number of aryl methyl sites for hydroxylation is 1. The molecular weight excluding hydrogens is 358 g/mol. The van der Waals surface area contributed by atoms with Crippen LogP contribution in [0.5, 0.6) is 5.75 Å². The van der Waals surface area contributed by atoms with E-state index in [0.29, 0.717) is 0 Å². The number of quaternary nitrogens is 1. The number of hydrogen-bond donors (Lipinski definition) is 1.